The van der Waals surface area contributed by atoms with Crippen molar-refractivity contribution in [2.75, 3.05) is 26.0 Å². The number of nitrogens with zero attached hydrogens (tertiary/aromatic N) is 2. The summed E-state index contributed by atoms with van der Waals surface area (Å²) in [6, 6.07) is 1.63. The molecular formula is C9H14N4O2. The highest BCUT2D eigenvalue weighted by molar-refractivity contribution is 5.80. The molecule has 0 aliphatic heterocycles. The number of aromatic nitrogens is 2. The van der Waals surface area contributed by atoms with Gasteiger partial charge in [0.15, 0.2) is 0 Å². The van der Waals surface area contributed by atoms with E-state index in [1.165, 1.54) is 7.11 Å². The summed E-state index contributed by atoms with van der Waals surface area (Å²) in [5, 5.41) is 5.37. The predicted octanol–water partition coefficient (Wildman–Crippen LogP) is -0.0485. The first-order valence-electron chi connectivity index (χ1n) is 4.50. The molecule has 2 N–H and O–H groups in total. The summed E-state index contributed by atoms with van der Waals surface area (Å²) in [5.74, 6) is 1.53. The van der Waals surface area contributed by atoms with Crippen molar-refractivity contribution in [1.82, 2.24) is 15.3 Å². The second-order valence-electron chi connectivity index (χ2n) is 2.87. The number of aryl methyl sites for hydroxylation is 1. The molecule has 0 bridgehead atoms. The fourth-order valence-electron chi connectivity index (χ4n) is 0.995. The van der Waals surface area contributed by atoms with E-state index in [0.29, 0.717) is 17.5 Å². The second kappa shape index (κ2) is 5.14. The number of carbonyl (C=O) groups excluding carboxylic acids is 1. The van der Waals surface area contributed by atoms with Gasteiger partial charge in [0.25, 0.3) is 0 Å². The van der Waals surface area contributed by atoms with E-state index in [9.17, 15) is 4.79 Å². The minimum absolute atomic E-state index is 0.106. The fourth-order valence-corrected chi connectivity index (χ4v) is 0.995. The average Bonchev–Trinajstić information content (AvgIpc) is 2.25. The van der Waals surface area contributed by atoms with Crippen LogP contribution in [0.1, 0.15) is 5.82 Å². The zero-order chi connectivity index (χ0) is 11.3. The Kier molecular flexibility index (Phi) is 3.84. The summed E-state index contributed by atoms with van der Waals surface area (Å²) < 4.78 is 4.98. The summed E-state index contributed by atoms with van der Waals surface area (Å²) in [6.07, 6.45) is 0. The van der Waals surface area contributed by atoms with E-state index in [1.54, 1.807) is 20.0 Å². The lowest BCUT2D eigenvalue weighted by Crippen LogP contribution is -2.26. The van der Waals surface area contributed by atoms with Crippen molar-refractivity contribution in [3.63, 3.8) is 0 Å². The summed E-state index contributed by atoms with van der Waals surface area (Å²) >= 11 is 0. The van der Waals surface area contributed by atoms with E-state index in [-0.39, 0.29) is 12.5 Å². The number of ether oxygens (including phenoxy) is 1. The Hall–Kier alpha value is -1.85. The first kappa shape index (κ1) is 11.2. The average molecular weight is 210 g/mol. The van der Waals surface area contributed by atoms with Gasteiger partial charge in [-0.05, 0) is 6.92 Å². The Morgan fingerprint density at radius 1 is 1.53 bits per heavy atom. The number of hydrogen-bond donors (Lipinski definition) is 2. The molecule has 1 rings (SSSR count). The molecule has 6 heteroatoms. The molecule has 0 unspecified atom stereocenters. The molecule has 6 nitrogen and oxygen atoms in total. The van der Waals surface area contributed by atoms with Crippen LogP contribution in [-0.2, 0) is 4.79 Å². The van der Waals surface area contributed by atoms with Gasteiger partial charge in [-0.1, -0.05) is 0 Å². The number of anilines is 1. The maximum Gasteiger partial charge on any atom is 0.239 e. The number of likely N-dealkylation sites (N-methyl/N-ethyl adjacent to an activating group) is 1. The van der Waals surface area contributed by atoms with E-state index in [0.717, 1.165) is 0 Å². The van der Waals surface area contributed by atoms with Gasteiger partial charge >= 0.3 is 0 Å². The lowest BCUT2D eigenvalue weighted by Gasteiger charge is -2.06. The lowest BCUT2D eigenvalue weighted by atomic mass is 10.5. The van der Waals surface area contributed by atoms with Gasteiger partial charge in [0, 0.05) is 13.1 Å². The van der Waals surface area contributed by atoms with Gasteiger partial charge in [0.2, 0.25) is 11.8 Å². The largest absolute Gasteiger partial charge is 0.481 e. The number of methoxy groups -OCH3 is 1. The Balaban J connectivity index is 2.68. The number of rotatable bonds is 4. The highest BCUT2D eigenvalue weighted by atomic mass is 16.5. The first-order valence-corrected chi connectivity index (χ1v) is 4.50. The summed E-state index contributed by atoms with van der Waals surface area (Å²) in [4.78, 5) is 19.1. The first-order chi connectivity index (χ1) is 7.15. The molecule has 0 radical (unpaired) electrons. The van der Waals surface area contributed by atoms with Crippen LogP contribution in [0, 0.1) is 6.92 Å². The topological polar surface area (TPSA) is 76.1 Å². The Labute approximate surface area is 88.1 Å². The lowest BCUT2D eigenvalue weighted by molar-refractivity contribution is -0.118. The summed E-state index contributed by atoms with van der Waals surface area (Å²) in [5.41, 5.74) is 0. The highest BCUT2D eigenvalue weighted by Gasteiger charge is 2.03. The van der Waals surface area contributed by atoms with Crippen LogP contribution in [0.25, 0.3) is 0 Å². The van der Waals surface area contributed by atoms with Crippen LogP contribution >= 0.6 is 0 Å². The van der Waals surface area contributed by atoms with Gasteiger partial charge in [-0.15, -0.1) is 0 Å². The molecule has 1 aromatic rings. The SMILES string of the molecule is CNC(=O)CNc1cc(OC)nc(C)n1. The van der Waals surface area contributed by atoms with Crippen molar-refractivity contribution in [1.29, 1.82) is 0 Å². The Morgan fingerprint density at radius 2 is 2.27 bits per heavy atom. The molecule has 0 aliphatic carbocycles. The summed E-state index contributed by atoms with van der Waals surface area (Å²) in [6.45, 7) is 1.93. The molecule has 15 heavy (non-hydrogen) atoms. The van der Waals surface area contributed by atoms with Crippen molar-refractivity contribution >= 4 is 11.7 Å². The van der Waals surface area contributed by atoms with Gasteiger partial charge in [0.1, 0.15) is 11.6 Å². The molecule has 0 aromatic carbocycles. The minimum atomic E-state index is -0.106. The molecule has 0 saturated heterocycles. The maximum absolute atomic E-state index is 11.0. The monoisotopic (exact) mass is 210 g/mol. The standard InChI is InChI=1S/C9H14N4O2/c1-6-12-7(4-9(13-6)15-3)11-5-8(14)10-2/h4H,5H2,1-3H3,(H,10,14)(H,11,12,13). The van der Waals surface area contributed by atoms with Gasteiger partial charge < -0.3 is 15.4 Å². The van der Waals surface area contributed by atoms with E-state index >= 15 is 0 Å². The molecule has 82 valence electrons. The van der Waals surface area contributed by atoms with Gasteiger partial charge in [-0.2, -0.15) is 4.98 Å². The van der Waals surface area contributed by atoms with Crippen LogP contribution in [0.3, 0.4) is 0 Å². The van der Waals surface area contributed by atoms with Crippen molar-refractivity contribution in [2.24, 2.45) is 0 Å². The predicted molar refractivity (Wildman–Crippen MR) is 55.9 cm³/mol. The van der Waals surface area contributed by atoms with Crippen LogP contribution in [0.2, 0.25) is 0 Å². The van der Waals surface area contributed by atoms with Crippen molar-refractivity contribution in [2.45, 2.75) is 6.92 Å². The van der Waals surface area contributed by atoms with Gasteiger partial charge in [0.05, 0.1) is 13.7 Å². The molecule has 0 saturated carbocycles. The smallest absolute Gasteiger partial charge is 0.239 e. The second-order valence-corrected chi connectivity index (χ2v) is 2.87. The van der Waals surface area contributed by atoms with Crippen molar-refractivity contribution in [3.05, 3.63) is 11.9 Å². The molecule has 0 fully saturated rings. The zero-order valence-corrected chi connectivity index (χ0v) is 9.00. The minimum Gasteiger partial charge on any atom is -0.481 e. The van der Waals surface area contributed by atoms with Crippen LogP contribution in [0.15, 0.2) is 6.07 Å². The van der Waals surface area contributed by atoms with E-state index in [2.05, 4.69) is 20.6 Å². The third-order valence-electron chi connectivity index (χ3n) is 1.73. The normalized spacial score (nSPS) is 9.53. The maximum atomic E-state index is 11.0. The van der Waals surface area contributed by atoms with Gasteiger partial charge in [-0.3, -0.25) is 4.79 Å². The number of amides is 1. The van der Waals surface area contributed by atoms with Gasteiger partial charge in [-0.25, -0.2) is 4.98 Å². The number of nitrogens with one attached hydrogen (secondary N) is 2. The van der Waals surface area contributed by atoms with Crippen LogP contribution in [-0.4, -0.2) is 36.6 Å². The van der Waals surface area contributed by atoms with Crippen molar-refractivity contribution < 1.29 is 9.53 Å². The van der Waals surface area contributed by atoms with Crippen LogP contribution in [0.5, 0.6) is 5.88 Å². The molecule has 1 aromatic heterocycles. The highest BCUT2D eigenvalue weighted by Crippen LogP contribution is 2.11. The molecule has 1 amide bonds. The fraction of sp³-hybridized carbons (Fsp3) is 0.444. The molecule has 0 atom stereocenters. The third-order valence-corrected chi connectivity index (χ3v) is 1.73. The van der Waals surface area contributed by atoms with Crippen molar-refractivity contribution in [3.8, 4) is 5.88 Å². The number of carbonyl (C=O) groups is 1. The molecule has 0 spiro atoms. The quantitative estimate of drug-likeness (QED) is 0.728. The Bertz CT molecular complexity index is 354. The molecular weight excluding hydrogens is 196 g/mol. The number of hydrogen-bond acceptors (Lipinski definition) is 5. The Morgan fingerprint density at radius 3 is 2.87 bits per heavy atom. The van der Waals surface area contributed by atoms with E-state index in [4.69, 9.17) is 4.74 Å². The van der Waals surface area contributed by atoms with E-state index in [1.807, 2.05) is 0 Å². The van der Waals surface area contributed by atoms with Crippen LogP contribution < -0.4 is 15.4 Å². The molecule has 0 aliphatic rings. The van der Waals surface area contributed by atoms with Crippen LogP contribution in [0.4, 0.5) is 5.82 Å². The summed E-state index contributed by atoms with van der Waals surface area (Å²) in [7, 11) is 3.11. The van der Waals surface area contributed by atoms with E-state index < -0.39 is 0 Å². The zero-order valence-electron chi connectivity index (χ0n) is 9.00. The molecule has 1 heterocycles. The third kappa shape index (κ3) is 3.41.